The zero-order chi connectivity index (χ0) is 18.8. The number of nitrogens with zero attached hydrogens (tertiary/aromatic N) is 1. The lowest BCUT2D eigenvalue weighted by Gasteiger charge is -2.32. The number of carbonyl (C=O) groups excluding carboxylic acids is 3. The second-order valence-corrected chi connectivity index (χ2v) is 7.37. The summed E-state index contributed by atoms with van der Waals surface area (Å²) in [4.78, 5) is 38.9. The van der Waals surface area contributed by atoms with Gasteiger partial charge < -0.3 is 4.90 Å². The summed E-state index contributed by atoms with van der Waals surface area (Å²) >= 11 is 0. The molecule has 0 bridgehead atoms. The molecule has 4 rings (SSSR count). The lowest BCUT2D eigenvalue weighted by molar-refractivity contribution is -0.132. The van der Waals surface area contributed by atoms with Crippen LogP contribution in [0.15, 0.2) is 42.5 Å². The summed E-state index contributed by atoms with van der Waals surface area (Å²) in [5, 5.41) is 1.95. The van der Waals surface area contributed by atoms with E-state index in [1.54, 1.807) is 4.90 Å². The first-order chi connectivity index (χ1) is 13.1. The summed E-state index contributed by atoms with van der Waals surface area (Å²) in [6, 6.07) is 13.5. The molecule has 140 valence electrons. The van der Waals surface area contributed by atoms with Crippen LogP contribution in [0.3, 0.4) is 0 Å². The Hall–Kier alpha value is -2.89. The topological polar surface area (TPSA) is 78.5 Å². The van der Waals surface area contributed by atoms with E-state index in [9.17, 15) is 14.4 Å². The van der Waals surface area contributed by atoms with Gasteiger partial charge >= 0.3 is 0 Å². The average molecular weight is 365 g/mol. The van der Waals surface area contributed by atoms with Gasteiger partial charge in [0, 0.05) is 24.6 Å². The van der Waals surface area contributed by atoms with E-state index < -0.39 is 0 Å². The van der Waals surface area contributed by atoms with Gasteiger partial charge in [-0.1, -0.05) is 36.4 Å². The van der Waals surface area contributed by atoms with E-state index in [2.05, 4.69) is 10.9 Å². The zero-order valence-electron chi connectivity index (χ0n) is 15.1. The first kappa shape index (κ1) is 17.5. The fourth-order valence-corrected chi connectivity index (χ4v) is 3.63. The molecule has 2 fully saturated rings. The van der Waals surface area contributed by atoms with Crippen molar-refractivity contribution >= 4 is 28.5 Å². The molecule has 2 aromatic carbocycles. The summed E-state index contributed by atoms with van der Waals surface area (Å²) in [6.45, 7) is 1.01. The summed E-state index contributed by atoms with van der Waals surface area (Å²) < 4.78 is 0. The van der Waals surface area contributed by atoms with E-state index in [0.717, 1.165) is 30.0 Å². The number of hydrazine groups is 1. The highest BCUT2D eigenvalue weighted by atomic mass is 16.2. The van der Waals surface area contributed by atoms with Crippen molar-refractivity contribution in [2.75, 3.05) is 13.1 Å². The largest absolute Gasteiger partial charge is 0.338 e. The molecule has 2 aliphatic rings. The van der Waals surface area contributed by atoms with Crippen LogP contribution < -0.4 is 10.9 Å². The van der Waals surface area contributed by atoms with E-state index in [1.165, 1.54) is 0 Å². The van der Waals surface area contributed by atoms with Gasteiger partial charge in [-0.25, -0.2) is 0 Å². The second-order valence-electron chi connectivity index (χ2n) is 7.37. The normalized spacial score (nSPS) is 19.6. The van der Waals surface area contributed by atoms with E-state index in [4.69, 9.17) is 0 Å². The minimum atomic E-state index is -0.308. The van der Waals surface area contributed by atoms with E-state index in [1.807, 2.05) is 42.5 Å². The van der Waals surface area contributed by atoms with Crippen LogP contribution in [0.5, 0.6) is 0 Å². The van der Waals surface area contributed by atoms with Crippen LogP contribution in [-0.2, 0) is 9.59 Å². The Kier molecular flexibility index (Phi) is 4.79. The van der Waals surface area contributed by atoms with Crippen LogP contribution in [0, 0.1) is 11.8 Å². The highest BCUT2D eigenvalue weighted by Crippen LogP contribution is 2.28. The molecule has 0 unspecified atom stereocenters. The number of carbonyl (C=O) groups is 3. The molecule has 3 amide bonds. The summed E-state index contributed by atoms with van der Waals surface area (Å²) in [7, 11) is 0. The van der Waals surface area contributed by atoms with Crippen molar-refractivity contribution in [3.05, 3.63) is 48.0 Å². The maximum Gasteiger partial charge on any atom is 0.254 e. The van der Waals surface area contributed by atoms with Crippen molar-refractivity contribution in [1.82, 2.24) is 15.8 Å². The Balaban J connectivity index is 1.43. The van der Waals surface area contributed by atoms with Gasteiger partial charge in [0.05, 0.1) is 5.92 Å². The number of rotatable bonds is 3. The second kappa shape index (κ2) is 7.39. The molecule has 6 heteroatoms. The smallest absolute Gasteiger partial charge is 0.254 e. The molecule has 0 spiro atoms. The van der Waals surface area contributed by atoms with Crippen LogP contribution in [0.2, 0.25) is 0 Å². The molecule has 1 heterocycles. The predicted molar refractivity (Wildman–Crippen MR) is 102 cm³/mol. The number of nitrogens with one attached hydrogen (secondary N) is 2. The third kappa shape index (κ3) is 3.79. The van der Waals surface area contributed by atoms with Crippen molar-refractivity contribution in [2.45, 2.75) is 25.7 Å². The van der Waals surface area contributed by atoms with E-state index >= 15 is 0 Å². The van der Waals surface area contributed by atoms with Crippen LogP contribution in [0.1, 0.15) is 36.0 Å². The first-order valence-corrected chi connectivity index (χ1v) is 9.50. The maximum absolute atomic E-state index is 13.1. The zero-order valence-corrected chi connectivity index (χ0v) is 15.1. The Morgan fingerprint density at radius 3 is 2.33 bits per heavy atom. The molecular formula is C21H23N3O3. The molecule has 27 heavy (non-hydrogen) atoms. The van der Waals surface area contributed by atoms with Crippen molar-refractivity contribution in [1.29, 1.82) is 0 Å². The van der Waals surface area contributed by atoms with Gasteiger partial charge in [0.2, 0.25) is 11.8 Å². The maximum atomic E-state index is 13.1. The van der Waals surface area contributed by atoms with Gasteiger partial charge in [0.25, 0.3) is 5.91 Å². The monoisotopic (exact) mass is 365 g/mol. The molecule has 0 radical (unpaired) electrons. The Labute approximate surface area is 157 Å². The van der Waals surface area contributed by atoms with Gasteiger partial charge in [0.1, 0.15) is 0 Å². The molecule has 1 saturated carbocycles. The predicted octanol–water partition coefficient (Wildman–Crippen LogP) is 2.25. The summed E-state index contributed by atoms with van der Waals surface area (Å²) in [5.41, 5.74) is 5.69. The minimum absolute atomic E-state index is 0.0427. The lowest BCUT2D eigenvalue weighted by Crippen LogP contribution is -2.50. The standard InChI is InChI=1S/C21H23N3O3/c25-19(15-10-11-15)22-23-20(26)16-7-4-12-24(13-16)21(27)18-9-3-6-14-5-1-2-8-17(14)18/h1-3,5-6,8-9,15-16H,4,7,10-13H2,(H,22,25)(H,23,26)/t16-/m0/s1. The van der Waals surface area contributed by atoms with E-state index in [-0.39, 0.29) is 29.6 Å². The molecule has 0 aromatic heterocycles. The number of benzene rings is 2. The van der Waals surface area contributed by atoms with Crippen LogP contribution in [-0.4, -0.2) is 35.7 Å². The van der Waals surface area contributed by atoms with Gasteiger partial charge in [-0.2, -0.15) is 0 Å². The Morgan fingerprint density at radius 2 is 1.56 bits per heavy atom. The van der Waals surface area contributed by atoms with Crippen molar-refractivity contribution < 1.29 is 14.4 Å². The molecule has 1 atom stereocenters. The highest BCUT2D eigenvalue weighted by Gasteiger charge is 2.32. The number of hydrogen-bond acceptors (Lipinski definition) is 3. The Morgan fingerprint density at radius 1 is 0.852 bits per heavy atom. The van der Waals surface area contributed by atoms with Crippen LogP contribution >= 0.6 is 0 Å². The molecule has 2 aromatic rings. The lowest BCUT2D eigenvalue weighted by atomic mass is 9.96. The molecule has 1 saturated heterocycles. The third-order valence-corrected chi connectivity index (χ3v) is 5.36. The molecule has 1 aliphatic carbocycles. The van der Waals surface area contributed by atoms with Crippen molar-refractivity contribution in [2.24, 2.45) is 11.8 Å². The number of fused-ring (bicyclic) bond motifs is 1. The first-order valence-electron chi connectivity index (χ1n) is 9.50. The highest BCUT2D eigenvalue weighted by molar-refractivity contribution is 6.07. The number of piperidine rings is 1. The van der Waals surface area contributed by atoms with Gasteiger partial charge in [0.15, 0.2) is 0 Å². The molecule has 1 aliphatic heterocycles. The molecular weight excluding hydrogens is 342 g/mol. The fourth-order valence-electron chi connectivity index (χ4n) is 3.63. The number of amides is 3. The van der Waals surface area contributed by atoms with Gasteiger partial charge in [-0.15, -0.1) is 0 Å². The van der Waals surface area contributed by atoms with Crippen molar-refractivity contribution in [3.8, 4) is 0 Å². The molecule has 6 nitrogen and oxygen atoms in total. The van der Waals surface area contributed by atoms with Crippen LogP contribution in [0.25, 0.3) is 10.8 Å². The SMILES string of the molecule is O=C(NNC(=O)[C@H]1CCCN(C(=O)c2cccc3ccccc23)C1)C1CC1. The minimum Gasteiger partial charge on any atom is -0.338 e. The Bertz CT molecular complexity index is 886. The van der Waals surface area contributed by atoms with Gasteiger partial charge in [-0.05, 0) is 42.5 Å². The third-order valence-electron chi connectivity index (χ3n) is 5.36. The number of hydrogen-bond donors (Lipinski definition) is 2. The molecule has 2 N–H and O–H groups in total. The number of likely N-dealkylation sites (tertiary alicyclic amines) is 1. The fraction of sp³-hybridized carbons (Fsp3) is 0.381. The summed E-state index contributed by atoms with van der Waals surface area (Å²) in [6.07, 6.45) is 3.26. The van der Waals surface area contributed by atoms with Crippen LogP contribution in [0.4, 0.5) is 0 Å². The summed E-state index contributed by atoms with van der Waals surface area (Å²) in [5.74, 6) is -0.660. The quantitative estimate of drug-likeness (QED) is 0.819. The average Bonchev–Trinajstić information content (AvgIpc) is 3.56. The van der Waals surface area contributed by atoms with Gasteiger partial charge in [-0.3, -0.25) is 25.2 Å². The van der Waals surface area contributed by atoms with Crippen molar-refractivity contribution in [3.63, 3.8) is 0 Å². The van der Waals surface area contributed by atoms with E-state index in [0.29, 0.717) is 25.1 Å².